The van der Waals surface area contributed by atoms with Crippen LogP contribution in [0.2, 0.25) is 0 Å². The minimum atomic E-state index is -0.938. The molecule has 2 rings (SSSR count). The Morgan fingerprint density at radius 1 is 1.57 bits per heavy atom. The molecule has 1 saturated heterocycles. The topological polar surface area (TPSA) is 52.6 Å². The van der Waals surface area contributed by atoms with Crippen LogP contribution >= 0.6 is 0 Å². The van der Waals surface area contributed by atoms with E-state index in [1.165, 1.54) is 0 Å². The van der Waals surface area contributed by atoms with E-state index in [4.69, 9.17) is 9.78 Å². The van der Waals surface area contributed by atoms with Crippen molar-refractivity contribution in [2.24, 2.45) is 11.8 Å². The van der Waals surface area contributed by atoms with E-state index < -0.39 is 5.60 Å². The molecule has 1 saturated carbocycles. The average molecular weight is 198 g/mol. The Bertz CT molecular complexity index is 275. The minimum absolute atomic E-state index is 0.0255. The van der Waals surface area contributed by atoms with Gasteiger partial charge < -0.3 is 0 Å². The SMILES string of the molecule is CC1C(=O)CC2CC1OO[C@@]2(C)C=O. The Morgan fingerprint density at radius 2 is 2.29 bits per heavy atom. The average Bonchev–Trinajstić information content (AvgIpc) is 2.19. The van der Waals surface area contributed by atoms with Crippen molar-refractivity contribution in [2.75, 3.05) is 0 Å². The van der Waals surface area contributed by atoms with Crippen molar-refractivity contribution in [3.05, 3.63) is 0 Å². The third kappa shape index (κ3) is 1.29. The van der Waals surface area contributed by atoms with E-state index >= 15 is 0 Å². The second kappa shape index (κ2) is 3.14. The second-order valence-electron chi connectivity index (χ2n) is 4.41. The van der Waals surface area contributed by atoms with E-state index in [9.17, 15) is 9.59 Å². The van der Waals surface area contributed by atoms with Crippen LogP contribution in [0.3, 0.4) is 0 Å². The highest BCUT2D eigenvalue weighted by atomic mass is 17.2. The lowest BCUT2D eigenvalue weighted by atomic mass is 9.72. The summed E-state index contributed by atoms with van der Waals surface area (Å²) in [5.41, 5.74) is -0.938. The minimum Gasteiger partial charge on any atom is -0.300 e. The predicted molar refractivity (Wildman–Crippen MR) is 47.3 cm³/mol. The number of carbonyl (C=O) groups excluding carboxylic acids is 2. The zero-order chi connectivity index (χ0) is 10.3. The van der Waals surface area contributed by atoms with Crippen LogP contribution in [0.1, 0.15) is 26.7 Å². The molecule has 4 heteroatoms. The van der Waals surface area contributed by atoms with Crippen LogP contribution in [0, 0.1) is 11.8 Å². The van der Waals surface area contributed by atoms with Gasteiger partial charge in [0.2, 0.25) is 0 Å². The molecule has 3 unspecified atom stereocenters. The van der Waals surface area contributed by atoms with Crippen molar-refractivity contribution in [1.82, 2.24) is 0 Å². The Balaban J connectivity index is 2.22. The van der Waals surface area contributed by atoms with Crippen LogP contribution in [0.5, 0.6) is 0 Å². The summed E-state index contributed by atoms with van der Waals surface area (Å²) in [6.45, 7) is 3.51. The standard InChI is InChI=1S/C10H14O4/c1-6-8(12)3-7-4-9(6)13-14-10(7,2)5-11/h5-7,9H,3-4H2,1-2H3/t6?,7?,9?,10-/m0/s1. The zero-order valence-electron chi connectivity index (χ0n) is 8.36. The van der Waals surface area contributed by atoms with Gasteiger partial charge in [-0.05, 0) is 13.3 Å². The lowest BCUT2D eigenvalue weighted by Gasteiger charge is -2.44. The molecule has 0 spiro atoms. The maximum Gasteiger partial charge on any atom is 0.159 e. The quantitative estimate of drug-likeness (QED) is 0.464. The van der Waals surface area contributed by atoms with Gasteiger partial charge in [-0.15, -0.1) is 0 Å². The number of hydrogen-bond donors (Lipinski definition) is 0. The molecular formula is C10H14O4. The molecule has 4 atom stereocenters. The number of Topliss-reactive ketones (excluding diaryl/α,β-unsaturated/α-hetero) is 1. The van der Waals surface area contributed by atoms with Crippen LogP contribution in [0.25, 0.3) is 0 Å². The molecule has 4 nitrogen and oxygen atoms in total. The van der Waals surface area contributed by atoms with Crippen molar-refractivity contribution in [3.63, 3.8) is 0 Å². The maximum atomic E-state index is 11.6. The summed E-state index contributed by atoms with van der Waals surface area (Å²) < 4.78 is 0. The summed E-state index contributed by atoms with van der Waals surface area (Å²) >= 11 is 0. The van der Waals surface area contributed by atoms with Gasteiger partial charge in [-0.25, -0.2) is 9.78 Å². The van der Waals surface area contributed by atoms with Gasteiger partial charge in [-0.1, -0.05) is 6.92 Å². The van der Waals surface area contributed by atoms with E-state index in [0.717, 1.165) is 12.7 Å². The summed E-state index contributed by atoms with van der Waals surface area (Å²) in [6.07, 6.45) is 1.73. The fourth-order valence-electron chi connectivity index (χ4n) is 2.11. The lowest BCUT2D eigenvalue weighted by Crippen LogP contribution is -2.53. The van der Waals surface area contributed by atoms with Gasteiger partial charge in [0.1, 0.15) is 11.9 Å². The first-order valence-corrected chi connectivity index (χ1v) is 4.90. The Kier molecular flexibility index (Phi) is 2.20. The normalized spacial score (nSPS) is 47.6. The molecule has 14 heavy (non-hydrogen) atoms. The van der Waals surface area contributed by atoms with Crippen molar-refractivity contribution >= 4 is 12.1 Å². The number of carbonyl (C=O) groups is 2. The number of rotatable bonds is 1. The van der Waals surface area contributed by atoms with Gasteiger partial charge in [-0.3, -0.25) is 9.59 Å². The number of hydrogen-bond acceptors (Lipinski definition) is 4. The van der Waals surface area contributed by atoms with Gasteiger partial charge in [0.15, 0.2) is 11.9 Å². The fourth-order valence-corrected chi connectivity index (χ4v) is 2.11. The summed E-state index contributed by atoms with van der Waals surface area (Å²) in [4.78, 5) is 32.6. The van der Waals surface area contributed by atoms with E-state index in [1.54, 1.807) is 6.92 Å². The van der Waals surface area contributed by atoms with Crippen molar-refractivity contribution in [1.29, 1.82) is 0 Å². The van der Waals surface area contributed by atoms with E-state index in [-0.39, 0.29) is 23.7 Å². The van der Waals surface area contributed by atoms with Gasteiger partial charge >= 0.3 is 0 Å². The molecule has 0 amide bonds. The van der Waals surface area contributed by atoms with Gasteiger partial charge in [0.25, 0.3) is 0 Å². The molecule has 1 aliphatic carbocycles. The third-order valence-corrected chi connectivity index (χ3v) is 3.43. The first-order chi connectivity index (χ1) is 6.57. The molecular weight excluding hydrogens is 184 g/mol. The third-order valence-electron chi connectivity index (χ3n) is 3.43. The van der Waals surface area contributed by atoms with Crippen molar-refractivity contribution in [3.8, 4) is 0 Å². The molecule has 0 aromatic rings. The maximum absolute atomic E-state index is 11.6. The van der Waals surface area contributed by atoms with Crippen molar-refractivity contribution in [2.45, 2.75) is 38.4 Å². The van der Waals surface area contributed by atoms with Crippen molar-refractivity contribution < 1.29 is 19.4 Å². The Morgan fingerprint density at radius 3 is 2.93 bits per heavy atom. The number of fused-ring (bicyclic) bond motifs is 2. The fraction of sp³-hybridized carbons (Fsp3) is 0.800. The summed E-state index contributed by atoms with van der Waals surface area (Å²) in [6, 6.07) is 0. The van der Waals surface area contributed by atoms with Crippen LogP contribution in [-0.4, -0.2) is 23.8 Å². The Labute approximate surface area is 82.5 Å². The van der Waals surface area contributed by atoms with Crippen LogP contribution in [0.15, 0.2) is 0 Å². The number of ketones is 1. The lowest BCUT2D eigenvalue weighted by molar-refractivity contribution is -0.413. The molecule has 2 bridgehead atoms. The van der Waals surface area contributed by atoms with E-state index in [2.05, 4.69) is 0 Å². The molecule has 78 valence electrons. The highest BCUT2D eigenvalue weighted by molar-refractivity contribution is 5.83. The molecule has 0 aromatic heterocycles. The number of aldehydes is 1. The molecule has 0 N–H and O–H groups in total. The smallest absolute Gasteiger partial charge is 0.159 e. The first-order valence-electron chi connectivity index (χ1n) is 4.90. The second-order valence-corrected chi connectivity index (χ2v) is 4.41. The highest BCUT2D eigenvalue weighted by Gasteiger charge is 2.49. The van der Waals surface area contributed by atoms with Gasteiger partial charge in [0, 0.05) is 18.3 Å². The van der Waals surface area contributed by atoms with E-state index in [1.807, 2.05) is 6.92 Å². The molecule has 1 aliphatic heterocycles. The molecule has 0 aromatic carbocycles. The predicted octanol–water partition coefficient (Wildman–Crippen LogP) is 0.890. The monoisotopic (exact) mass is 198 g/mol. The summed E-state index contributed by atoms with van der Waals surface area (Å²) in [5.74, 6) is 0.0347. The van der Waals surface area contributed by atoms with Crippen LogP contribution < -0.4 is 0 Å². The molecule has 1 heterocycles. The Hall–Kier alpha value is -0.740. The zero-order valence-corrected chi connectivity index (χ0v) is 8.36. The largest absolute Gasteiger partial charge is 0.300 e. The van der Waals surface area contributed by atoms with E-state index in [0.29, 0.717) is 6.42 Å². The molecule has 0 radical (unpaired) electrons. The van der Waals surface area contributed by atoms with Gasteiger partial charge in [0.05, 0.1) is 0 Å². The van der Waals surface area contributed by atoms with Crippen LogP contribution in [0.4, 0.5) is 0 Å². The summed E-state index contributed by atoms with van der Waals surface area (Å²) in [7, 11) is 0. The van der Waals surface area contributed by atoms with Gasteiger partial charge in [-0.2, -0.15) is 0 Å². The summed E-state index contributed by atoms with van der Waals surface area (Å²) in [5, 5.41) is 0. The highest BCUT2D eigenvalue weighted by Crippen LogP contribution is 2.40. The van der Waals surface area contributed by atoms with Crippen LogP contribution in [-0.2, 0) is 19.4 Å². The first kappa shape index (κ1) is 9.80. The molecule has 2 fully saturated rings. The molecule has 2 aliphatic rings.